The van der Waals surface area contributed by atoms with Crippen molar-refractivity contribution >= 4 is 23.4 Å². The van der Waals surface area contributed by atoms with E-state index in [1.54, 1.807) is 11.8 Å². The molecule has 0 fully saturated rings. The first kappa shape index (κ1) is 14.1. The highest BCUT2D eigenvalue weighted by Crippen LogP contribution is 2.23. The highest BCUT2D eigenvalue weighted by atomic mass is 35.5. The van der Waals surface area contributed by atoms with Gasteiger partial charge in [0.15, 0.2) is 0 Å². The molecule has 0 aliphatic rings. The lowest BCUT2D eigenvalue weighted by atomic mass is 10.2. The average molecular weight is 265 g/mol. The molecule has 0 N–H and O–H groups in total. The van der Waals surface area contributed by atoms with Gasteiger partial charge in [-0.2, -0.15) is 0 Å². The zero-order valence-corrected chi connectivity index (χ0v) is 11.8. The van der Waals surface area contributed by atoms with Crippen LogP contribution in [0.1, 0.15) is 19.4 Å². The van der Waals surface area contributed by atoms with Gasteiger partial charge in [0.05, 0.1) is 0 Å². The molecule has 1 aromatic rings. The summed E-state index contributed by atoms with van der Waals surface area (Å²) in [5.74, 6) is 0.912. The van der Waals surface area contributed by atoms with Crippen molar-refractivity contribution in [1.29, 1.82) is 0 Å². The normalized spacial score (nSPS) is 11.1. The highest BCUT2D eigenvalue weighted by molar-refractivity contribution is 8.02. The van der Waals surface area contributed by atoms with E-state index in [9.17, 15) is 0 Å². The number of rotatable bonds is 5. The van der Waals surface area contributed by atoms with E-state index in [1.165, 1.54) is 16.0 Å². The molecule has 1 aromatic carbocycles. The lowest BCUT2D eigenvalue weighted by Crippen LogP contribution is -1.80. The van der Waals surface area contributed by atoms with Crippen LogP contribution in [-0.2, 0) is 5.75 Å². The predicted molar refractivity (Wildman–Crippen MR) is 80.5 cm³/mol. The Morgan fingerprint density at radius 1 is 1.35 bits per heavy atom. The Bertz CT molecular complexity index is 440. The molecule has 0 nitrogen and oxygen atoms in total. The molecule has 0 atom stereocenters. The average Bonchev–Trinajstić information content (AvgIpc) is 2.29. The molecule has 17 heavy (non-hydrogen) atoms. The molecule has 0 spiro atoms. The van der Waals surface area contributed by atoms with Crippen LogP contribution in [-0.4, -0.2) is 0 Å². The molecule has 1 rings (SSSR count). The Labute approximate surface area is 113 Å². The minimum atomic E-state index is 0.788. The smallest absolute Gasteiger partial charge is 0.0409 e. The summed E-state index contributed by atoms with van der Waals surface area (Å²) in [4.78, 5) is 1.17. The fourth-order valence-electron chi connectivity index (χ4n) is 1.22. The molecule has 0 unspecified atom stereocenters. The zero-order chi connectivity index (χ0) is 12.7. The summed E-state index contributed by atoms with van der Waals surface area (Å²) in [6, 6.07) is 7.95. The molecule has 0 saturated carbocycles. The van der Waals surface area contributed by atoms with Crippen molar-refractivity contribution < 1.29 is 0 Å². The van der Waals surface area contributed by atoms with Gasteiger partial charge in [0, 0.05) is 15.7 Å². The van der Waals surface area contributed by atoms with Gasteiger partial charge in [-0.25, -0.2) is 0 Å². The number of thioether (sulfide) groups is 1. The predicted octanol–water partition coefficient (Wildman–Crippen LogP) is 5.61. The number of benzene rings is 1. The minimum Gasteiger partial charge on any atom is -0.121 e. The summed E-state index contributed by atoms with van der Waals surface area (Å²) in [5.41, 5.74) is 2.51. The van der Waals surface area contributed by atoms with E-state index in [0.29, 0.717) is 0 Å². The van der Waals surface area contributed by atoms with Crippen molar-refractivity contribution in [3.63, 3.8) is 0 Å². The zero-order valence-electron chi connectivity index (χ0n) is 10.2. The summed E-state index contributed by atoms with van der Waals surface area (Å²) < 4.78 is 0. The lowest BCUT2D eigenvalue weighted by Gasteiger charge is -2.02. The summed E-state index contributed by atoms with van der Waals surface area (Å²) in [5, 5.41) is 0.788. The third-order valence-electron chi connectivity index (χ3n) is 2.08. The topological polar surface area (TPSA) is 0 Å². The molecular formula is C15H17ClS. The van der Waals surface area contributed by atoms with Gasteiger partial charge in [-0.05, 0) is 37.6 Å². The van der Waals surface area contributed by atoms with Crippen LogP contribution in [0.5, 0.6) is 0 Å². The first-order chi connectivity index (χ1) is 8.11. The Morgan fingerprint density at radius 2 is 2.12 bits per heavy atom. The van der Waals surface area contributed by atoms with Gasteiger partial charge in [-0.3, -0.25) is 0 Å². The van der Waals surface area contributed by atoms with E-state index in [0.717, 1.165) is 10.8 Å². The fourth-order valence-corrected chi connectivity index (χ4v) is 2.23. The molecule has 0 aliphatic carbocycles. The Hall–Kier alpha value is -0.920. The van der Waals surface area contributed by atoms with E-state index >= 15 is 0 Å². The Balaban J connectivity index is 2.62. The monoisotopic (exact) mass is 264 g/mol. The first-order valence-electron chi connectivity index (χ1n) is 5.46. The molecule has 0 aromatic heterocycles. The standard InChI is InChI=1S/C15H17ClS/c1-4-15(9-8-12(2)3)17-11-13-6-5-7-14(16)10-13/h4-10H,1,11H2,2-3H3/b15-9+. The third kappa shape index (κ3) is 5.81. The van der Waals surface area contributed by atoms with Gasteiger partial charge >= 0.3 is 0 Å². The summed E-state index contributed by atoms with van der Waals surface area (Å²) in [7, 11) is 0. The Kier molecular flexibility index (Phi) is 6.17. The van der Waals surface area contributed by atoms with E-state index in [-0.39, 0.29) is 0 Å². The first-order valence-corrected chi connectivity index (χ1v) is 6.83. The maximum absolute atomic E-state index is 5.94. The van der Waals surface area contributed by atoms with E-state index in [2.05, 4.69) is 38.6 Å². The molecule has 0 amide bonds. The largest absolute Gasteiger partial charge is 0.121 e. The van der Waals surface area contributed by atoms with Gasteiger partial charge < -0.3 is 0 Å². The molecule has 0 bridgehead atoms. The number of hydrogen-bond acceptors (Lipinski definition) is 1. The van der Waals surface area contributed by atoms with Gasteiger partial charge in [-0.1, -0.05) is 48.0 Å². The molecule has 0 saturated heterocycles. The summed E-state index contributed by atoms with van der Waals surface area (Å²) >= 11 is 7.71. The second-order valence-electron chi connectivity index (χ2n) is 3.94. The summed E-state index contributed by atoms with van der Waals surface area (Å²) in [6.45, 7) is 7.99. The van der Waals surface area contributed by atoms with Gasteiger partial charge in [0.25, 0.3) is 0 Å². The van der Waals surface area contributed by atoms with Gasteiger partial charge in [0.2, 0.25) is 0 Å². The van der Waals surface area contributed by atoms with Crippen molar-refractivity contribution in [2.45, 2.75) is 19.6 Å². The van der Waals surface area contributed by atoms with Crippen LogP contribution in [0.4, 0.5) is 0 Å². The maximum atomic E-state index is 5.94. The van der Waals surface area contributed by atoms with Crippen LogP contribution in [0.25, 0.3) is 0 Å². The molecule has 0 heterocycles. The maximum Gasteiger partial charge on any atom is 0.0409 e. The van der Waals surface area contributed by atoms with Crippen LogP contribution in [0, 0.1) is 0 Å². The fraction of sp³-hybridized carbons (Fsp3) is 0.200. The molecular weight excluding hydrogens is 248 g/mol. The lowest BCUT2D eigenvalue weighted by molar-refractivity contribution is 1.39. The third-order valence-corrected chi connectivity index (χ3v) is 3.43. The highest BCUT2D eigenvalue weighted by Gasteiger charge is 1.96. The van der Waals surface area contributed by atoms with Gasteiger partial charge in [0.1, 0.15) is 0 Å². The molecule has 2 heteroatoms. The summed E-state index contributed by atoms with van der Waals surface area (Å²) in [6.07, 6.45) is 6.08. The minimum absolute atomic E-state index is 0.788. The molecule has 0 aliphatic heterocycles. The number of hydrogen-bond donors (Lipinski definition) is 0. The van der Waals surface area contributed by atoms with Crippen LogP contribution in [0.15, 0.2) is 59.6 Å². The van der Waals surface area contributed by atoms with Crippen molar-refractivity contribution in [2.75, 3.05) is 0 Å². The van der Waals surface area contributed by atoms with Crippen molar-refractivity contribution in [2.24, 2.45) is 0 Å². The Morgan fingerprint density at radius 3 is 2.71 bits per heavy atom. The second-order valence-corrected chi connectivity index (χ2v) is 5.42. The quantitative estimate of drug-likeness (QED) is 0.623. The SMILES string of the molecule is C=C/C(=C\C=C(C)C)SCc1cccc(Cl)c1. The van der Waals surface area contributed by atoms with Crippen molar-refractivity contribution in [1.82, 2.24) is 0 Å². The van der Waals surface area contributed by atoms with Crippen LogP contribution < -0.4 is 0 Å². The second kappa shape index (κ2) is 7.41. The number of allylic oxidation sites excluding steroid dienone is 4. The number of halogens is 1. The van der Waals surface area contributed by atoms with E-state index < -0.39 is 0 Å². The molecule has 0 radical (unpaired) electrons. The van der Waals surface area contributed by atoms with Crippen molar-refractivity contribution in [3.05, 3.63) is 70.1 Å². The van der Waals surface area contributed by atoms with Crippen LogP contribution in [0.3, 0.4) is 0 Å². The van der Waals surface area contributed by atoms with E-state index in [1.807, 2.05) is 24.3 Å². The van der Waals surface area contributed by atoms with Crippen LogP contribution in [0.2, 0.25) is 5.02 Å². The van der Waals surface area contributed by atoms with Gasteiger partial charge in [-0.15, -0.1) is 11.8 Å². The van der Waals surface area contributed by atoms with Crippen LogP contribution >= 0.6 is 23.4 Å². The van der Waals surface area contributed by atoms with E-state index in [4.69, 9.17) is 11.6 Å². The van der Waals surface area contributed by atoms with Crippen molar-refractivity contribution in [3.8, 4) is 0 Å². The molecule has 90 valence electrons.